The van der Waals surface area contributed by atoms with Crippen LogP contribution in [-0.2, 0) is 0 Å². The maximum atomic E-state index is 13.2. The summed E-state index contributed by atoms with van der Waals surface area (Å²) >= 11 is 0. The molecule has 0 saturated heterocycles. The monoisotopic (exact) mass is 232 g/mol. The molecule has 0 radical (unpaired) electrons. The van der Waals surface area contributed by atoms with Gasteiger partial charge in [-0.05, 0) is 35.9 Å². The van der Waals surface area contributed by atoms with E-state index >= 15 is 0 Å². The summed E-state index contributed by atoms with van der Waals surface area (Å²) in [4.78, 5) is 3.92. The summed E-state index contributed by atoms with van der Waals surface area (Å²) in [5.74, 6) is 0.251. The molecule has 0 saturated carbocycles. The van der Waals surface area contributed by atoms with Crippen molar-refractivity contribution in [2.45, 2.75) is 6.04 Å². The smallest absolute Gasteiger partial charge is 0.124 e. The van der Waals surface area contributed by atoms with Crippen molar-refractivity contribution < 1.29 is 9.13 Å². The predicted octanol–water partition coefficient (Wildman–Crippen LogP) is 2.28. The van der Waals surface area contributed by atoms with Crippen LogP contribution in [0.3, 0.4) is 0 Å². The molecule has 0 amide bonds. The molecule has 88 valence electrons. The Kier molecular flexibility index (Phi) is 3.35. The van der Waals surface area contributed by atoms with Gasteiger partial charge in [0.1, 0.15) is 11.6 Å². The molecule has 0 bridgehead atoms. The molecule has 1 aromatic carbocycles. The fourth-order valence-electron chi connectivity index (χ4n) is 1.70. The Labute approximate surface area is 99.1 Å². The molecular formula is C13H13FN2O. The zero-order valence-corrected chi connectivity index (χ0v) is 9.43. The van der Waals surface area contributed by atoms with Crippen LogP contribution in [0.25, 0.3) is 0 Å². The highest BCUT2D eigenvalue weighted by atomic mass is 19.1. The Morgan fingerprint density at radius 3 is 2.59 bits per heavy atom. The minimum atomic E-state index is -0.427. The number of halogens is 1. The summed E-state index contributed by atoms with van der Waals surface area (Å²) in [6.45, 7) is 0. The van der Waals surface area contributed by atoms with Crippen molar-refractivity contribution in [2.24, 2.45) is 5.73 Å². The van der Waals surface area contributed by atoms with Crippen LogP contribution in [0.15, 0.2) is 42.7 Å². The van der Waals surface area contributed by atoms with Crippen molar-refractivity contribution >= 4 is 0 Å². The van der Waals surface area contributed by atoms with Crippen molar-refractivity contribution in [1.82, 2.24) is 4.98 Å². The van der Waals surface area contributed by atoms with E-state index in [1.54, 1.807) is 30.6 Å². The molecule has 2 rings (SSSR count). The molecule has 0 spiro atoms. The van der Waals surface area contributed by atoms with Gasteiger partial charge in [0.15, 0.2) is 0 Å². The average molecular weight is 232 g/mol. The first-order chi connectivity index (χ1) is 8.22. The van der Waals surface area contributed by atoms with Crippen molar-refractivity contribution in [3.05, 3.63) is 59.7 Å². The summed E-state index contributed by atoms with van der Waals surface area (Å²) in [5.41, 5.74) is 7.58. The van der Waals surface area contributed by atoms with Crippen LogP contribution in [0.4, 0.5) is 4.39 Å². The summed E-state index contributed by atoms with van der Waals surface area (Å²) in [6, 6.07) is 7.49. The van der Waals surface area contributed by atoms with E-state index in [2.05, 4.69) is 4.98 Å². The predicted molar refractivity (Wildman–Crippen MR) is 63.2 cm³/mol. The lowest BCUT2D eigenvalue weighted by atomic mass is 9.99. The molecule has 0 aliphatic rings. The van der Waals surface area contributed by atoms with Gasteiger partial charge in [-0.2, -0.15) is 0 Å². The van der Waals surface area contributed by atoms with E-state index in [1.165, 1.54) is 19.2 Å². The third-order valence-electron chi connectivity index (χ3n) is 2.59. The largest absolute Gasteiger partial charge is 0.496 e. The van der Waals surface area contributed by atoms with E-state index in [-0.39, 0.29) is 5.82 Å². The van der Waals surface area contributed by atoms with E-state index in [1.807, 2.05) is 0 Å². The van der Waals surface area contributed by atoms with Gasteiger partial charge >= 0.3 is 0 Å². The van der Waals surface area contributed by atoms with E-state index in [4.69, 9.17) is 10.5 Å². The van der Waals surface area contributed by atoms with E-state index in [0.717, 1.165) is 5.56 Å². The van der Waals surface area contributed by atoms with Crippen LogP contribution in [0, 0.1) is 5.82 Å². The second-order valence-corrected chi connectivity index (χ2v) is 3.64. The Morgan fingerprint density at radius 2 is 1.94 bits per heavy atom. The Morgan fingerprint density at radius 1 is 1.24 bits per heavy atom. The van der Waals surface area contributed by atoms with Gasteiger partial charge in [-0.1, -0.05) is 0 Å². The summed E-state index contributed by atoms with van der Waals surface area (Å²) in [5, 5.41) is 0. The molecule has 2 aromatic rings. The average Bonchev–Trinajstić information content (AvgIpc) is 2.39. The van der Waals surface area contributed by atoms with Crippen LogP contribution in [0.1, 0.15) is 17.2 Å². The van der Waals surface area contributed by atoms with Gasteiger partial charge in [0.2, 0.25) is 0 Å². The molecule has 0 aliphatic heterocycles. The van der Waals surface area contributed by atoms with Gasteiger partial charge in [0.25, 0.3) is 0 Å². The SMILES string of the molecule is COc1ccc(F)cc1C(N)c1ccncc1. The third kappa shape index (κ3) is 2.42. The van der Waals surface area contributed by atoms with Crippen LogP contribution in [0.2, 0.25) is 0 Å². The third-order valence-corrected chi connectivity index (χ3v) is 2.59. The summed E-state index contributed by atoms with van der Waals surface area (Å²) in [6.07, 6.45) is 3.31. The molecule has 0 aliphatic carbocycles. The van der Waals surface area contributed by atoms with Crippen LogP contribution < -0.4 is 10.5 Å². The standard InChI is InChI=1S/C13H13FN2O/c1-17-12-3-2-10(14)8-11(12)13(15)9-4-6-16-7-5-9/h2-8,13H,15H2,1H3. The zero-order chi connectivity index (χ0) is 12.3. The van der Waals surface area contributed by atoms with Gasteiger partial charge in [-0.15, -0.1) is 0 Å². The topological polar surface area (TPSA) is 48.1 Å². The molecule has 0 fully saturated rings. The van der Waals surface area contributed by atoms with Gasteiger partial charge in [0.05, 0.1) is 13.2 Å². The molecule has 1 unspecified atom stereocenters. The molecule has 3 nitrogen and oxygen atoms in total. The normalized spacial score (nSPS) is 12.2. The number of benzene rings is 1. The molecule has 1 aromatic heterocycles. The molecule has 1 heterocycles. The Hall–Kier alpha value is -1.94. The van der Waals surface area contributed by atoms with Crippen LogP contribution in [-0.4, -0.2) is 12.1 Å². The van der Waals surface area contributed by atoms with Crippen molar-refractivity contribution in [3.8, 4) is 5.75 Å². The molecule has 17 heavy (non-hydrogen) atoms. The number of nitrogens with two attached hydrogens (primary N) is 1. The quantitative estimate of drug-likeness (QED) is 0.883. The lowest BCUT2D eigenvalue weighted by Gasteiger charge is -2.15. The number of pyridine rings is 1. The zero-order valence-electron chi connectivity index (χ0n) is 9.43. The maximum absolute atomic E-state index is 13.2. The Bertz CT molecular complexity index is 502. The highest BCUT2D eigenvalue weighted by molar-refractivity contribution is 5.41. The van der Waals surface area contributed by atoms with Gasteiger partial charge in [0, 0.05) is 18.0 Å². The highest BCUT2D eigenvalue weighted by Crippen LogP contribution is 2.28. The maximum Gasteiger partial charge on any atom is 0.124 e. The molecule has 1 atom stereocenters. The first kappa shape index (κ1) is 11.5. The fourth-order valence-corrected chi connectivity index (χ4v) is 1.70. The number of hydrogen-bond donors (Lipinski definition) is 1. The van der Waals surface area contributed by atoms with Crippen LogP contribution >= 0.6 is 0 Å². The lowest BCUT2D eigenvalue weighted by Crippen LogP contribution is -2.13. The fraction of sp³-hybridized carbons (Fsp3) is 0.154. The van der Waals surface area contributed by atoms with Gasteiger partial charge in [-0.3, -0.25) is 4.98 Å². The number of hydrogen-bond acceptors (Lipinski definition) is 3. The number of aromatic nitrogens is 1. The number of methoxy groups -OCH3 is 1. The van der Waals surface area contributed by atoms with Gasteiger partial charge < -0.3 is 10.5 Å². The second-order valence-electron chi connectivity index (χ2n) is 3.64. The van der Waals surface area contributed by atoms with Crippen molar-refractivity contribution in [3.63, 3.8) is 0 Å². The lowest BCUT2D eigenvalue weighted by molar-refractivity contribution is 0.406. The highest BCUT2D eigenvalue weighted by Gasteiger charge is 2.14. The van der Waals surface area contributed by atoms with Crippen LogP contribution in [0.5, 0.6) is 5.75 Å². The van der Waals surface area contributed by atoms with E-state index in [0.29, 0.717) is 11.3 Å². The number of ether oxygens (including phenoxy) is 1. The van der Waals surface area contributed by atoms with E-state index in [9.17, 15) is 4.39 Å². The van der Waals surface area contributed by atoms with Crippen molar-refractivity contribution in [2.75, 3.05) is 7.11 Å². The number of nitrogens with zero attached hydrogens (tertiary/aromatic N) is 1. The first-order valence-corrected chi connectivity index (χ1v) is 5.21. The first-order valence-electron chi connectivity index (χ1n) is 5.21. The summed E-state index contributed by atoms with van der Waals surface area (Å²) < 4.78 is 18.4. The van der Waals surface area contributed by atoms with E-state index < -0.39 is 6.04 Å². The number of rotatable bonds is 3. The molecular weight excluding hydrogens is 219 g/mol. The second kappa shape index (κ2) is 4.93. The Balaban J connectivity index is 2.43. The minimum absolute atomic E-state index is 0.328. The van der Waals surface area contributed by atoms with Crippen molar-refractivity contribution in [1.29, 1.82) is 0 Å². The summed E-state index contributed by atoms with van der Waals surface area (Å²) in [7, 11) is 1.54. The van der Waals surface area contributed by atoms with Gasteiger partial charge in [-0.25, -0.2) is 4.39 Å². The molecule has 4 heteroatoms. The minimum Gasteiger partial charge on any atom is -0.496 e. The molecule has 2 N–H and O–H groups in total.